The van der Waals surface area contributed by atoms with Gasteiger partial charge in [-0.2, -0.15) is 0 Å². The molecule has 1 N–H and O–H groups in total. The van der Waals surface area contributed by atoms with Crippen LogP contribution in [0.15, 0.2) is 46.1 Å². The van der Waals surface area contributed by atoms with Crippen molar-refractivity contribution in [3.05, 3.63) is 46.2 Å². The van der Waals surface area contributed by atoms with E-state index in [2.05, 4.69) is 4.98 Å². The summed E-state index contributed by atoms with van der Waals surface area (Å²) in [5.74, 6) is -0.564. The second-order valence-electron chi connectivity index (χ2n) is 5.14. The fourth-order valence-electron chi connectivity index (χ4n) is 2.13. The van der Waals surface area contributed by atoms with Gasteiger partial charge in [0.1, 0.15) is 0 Å². The van der Waals surface area contributed by atoms with E-state index in [0.29, 0.717) is 0 Å². The molecule has 0 fully saturated rings. The Bertz CT molecular complexity index is 650. The van der Waals surface area contributed by atoms with Crippen molar-refractivity contribution in [2.75, 3.05) is 0 Å². The number of rotatable bonds is 5. The van der Waals surface area contributed by atoms with Gasteiger partial charge in [-0.25, -0.2) is 8.42 Å². The molecule has 0 bridgehead atoms. The second-order valence-corrected chi connectivity index (χ2v) is 7.00. The Morgan fingerprint density at radius 2 is 1.62 bits per heavy atom. The van der Waals surface area contributed by atoms with E-state index in [4.69, 9.17) is 5.39 Å². The van der Waals surface area contributed by atoms with Gasteiger partial charge in [-0.3, -0.25) is 0 Å². The number of nitrogens with zero attached hydrogens (tertiary/aromatic N) is 3. The lowest BCUT2D eigenvalue weighted by Crippen LogP contribution is -2.37. The summed E-state index contributed by atoms with van der Waals surface area (Å²) in [6, 6.07) is 7.22. The quantitative estimate of drug-likeness (QED) is 0.667. The smallest absolute Gasteiger partial charge is 0.488 e. The number of diazo groups is 1. The summed E-state index contributed by atoms with van der Waals surface area (Å²) in [6.45, 7) is 7.22. The Morgan fingerprint density at radius 1 is 1.14 bits per heavy atom. The van der Waals surface area contributed by atoms with E-state index in [1.165, 1.54) is 17.0 Å². The largest absolute Gasteiger partial charge is 0.537 e. The molecule has 21 heavy (non-hydrogen) atoms. The maximum atomic E-state index is 12.5. The number of sulfone groups is 1. The molecule has 6 nitrogen and oxygen atoms in total. The lowest BCUT2D eigenvalue weighted by molar-refractivity contribution is 0.133. The van der Waals surface area contributed by atoms with E-state index in [1.807, 2.05) is 0 Å². The minimum absolute atomic E-state index is 0.0446. The molecule has 114 valence electrons. The van der Waals surface area contributed by atoms with Crippen LogP contribution < -0.4 is 0 Å². The van der Waals surface area contributed by atoms with Crippen LogP contribution in [0.5, 0.6) is 0 Å². The Balaban J connectivity index is 3.49. The first-order valence-corrected chi connectivity index (χ1v) is 8.08. The van der Waals surface area contributed by atoms with Gasteiger partial charge < -0.3 is 10.0 Å². The fraction of sp³-hybridized carbons (Fsp3) is 0.429. The molecule has 0 aliphatic rings. The highest BCUT2D eigenvalue weighted by atomic mass is 32.2. The molecule has 0 atom stereocenters. The van der Waals surface area contributed by atoms with Gasteiger partial charge in [0.05, 0.1) is 4.90 Å². The Labute approximate surface area is 125 Å². The van der Waals surface area contributed by atoms with Gasteiger partial charge in [0.15, 0.2) is 4.98 Å². The van der Waals surface area contributed by atoms with E-state index >= 15 is 0 Å². The van der Waals surface area contributed by atoms with Gasteiger partial charge >= 0.3 is 5.03 Å². The highest BCUT2D eigenvalue weighted by Gasteiger charge is 2.40. The average Bonchev–Trinajstić information content (AvgIpc) is 2.39. The molecule has 7 heteroatoms. The summed E-state index contributed by atoms with van der Waals surface area (Å²) >= 11 is 0. The minimum atomic E-state index is -4.09. The summed E-state index contributed by atoms with van der Waals surface area (Å²) < 4.78 is 24.9. The van der Waals surface area contributed by atoms with Gasteiger partial charge in [0.2, 0.25) is 5.39 Å². The van der Waals surface area contributed by atoms with Crippen molar-refractivity contribution in [2.45, 2.75) is 44.7 Å². The van der Waals surface area contributed by atoms with Crippen molar-refractivity contribution in [1.29, 1.82) is 5.39 Å². The van der Waals surface area contributed by atoms with Crippen LogP contribution in [0.2, 0.25) is 0 Å². The Morgan fingerprint density at radius 3 is 2.00 bits per heavy atom. The number of aliphatic hydroxyl groups excluding tert-OH is 1. The molecule has 0 unspecified atom stereocenters. The molecule has 1 rings (SSSR count). The van der Waals surface area contributed by atoms with Crippen molar-refractivity contribution in [2.24, 2.45) is 0 Å². The summed E-state index contributed by atoms with van der Waals surface area (Å²) in [6.07, 6.45) is 0. The maximum absolute atomic E-state index is 12.5. The van der Waals surface area contributed by atoms with E-state index in [9.17, 15) is 13.5 Å². The van der Waals surface area contributed by atoms with E-state index in [-0.39, 0.29) is 17.0 Å². The van der Waals surface area contributed by atoms with Crippen LogP contribution in [0.25, 0.3) is 4.98 Å². The molecule has 0 spiro atoms. The van der Waals surface area contributed by atoms with Crippen LogP contribution in [0.3, 0.4) is 0 Å². The average molecular weight is 310 g/mol. The van der Waals surface area contributed by atoms with Crippen molar-refractivity contribution in [3.8, 4) is 0 Å². The van der Waals surface area contributed by atoms with Gasteiger partial charge in [0, 0.05) is 12.1 Å². The molecule has 0 aliphatic carbocycles. The summed E-state index contributed by atoms with van der Waals surface area (Å²) in [5, 5.41) is 18.6. The molecule has 0 amide bonds. The summed E-state index contributed by atoms with van der Waals surface area (Å²) in [7, 11) is -4.09. The predicted octanol–water partition coefficient (Wildman–Crippen LogP) is 3.12. The first kappa shape index (κ1) is 17.0. The Kier molecular flexibility index (Phi) is 5.33. The molecule has 0 radical (unpaired) electrons. The van der Waals surface area contributed by atoms with Crippen LogP contribution in [-0.2, 0) is 9.84 Å². The van der Waals surface area contributed by atoms with Crippen molar-refractivity contribution in [3.63, 3.8) is 0 Å². The van der Waals surface area contributed by atoms with E-state index in [1.54, 1.807) is 45.9 Å². The number of aliphatic hydroxyl groups is 1. The third-order valence-electron chi connectivity index (χ3n) is 2.95. The van der Waals surface area contributed by atoms with Crippen LogP contribution in [0.1, 0.15) is 27.7 Å². The first-order chi connectivity index (χ1) is 9.73. The normalized spacial score (nSPS) is 13.0. The first-order valence-electron chi connectivity index (χ1n) is 6.60. The topological polar surface area (TPSA) is 85.8 Å². The molecular weight excluding hydrogens is 290 g/mol. The SMILES string of the molecule is CC(C)N(/C(O)=C(\[N+]#N)S(=O)(=O)c1ccccc1)C(C)C. The van der Waals surface area contributed by atoms with Crippen LogP contribution in [0.4, 0.5) is 0 Å². The van der Waals surface area contributed by atoms with Gasteiger partial charge in [-0.15, -0.1) is 0 Å². The van der Waals surface area contributed by atoms with Crippen molar-refractivity contribution in [1.82, 2.24) is 4.90 Å². The third kappa shape index (κ3) is 3.52. The van der Waals surface area contributed by atoms with Crippen LogP contribution in [0, 0.1) is 5.39 Å². The lowest BCUT2D eigenvalue weighted by Gasteiger charge is -2.29. The third-order valence-corrected chi connectivity index (χ3v) is 4.61. The molecule has 0 saturated carbocycles. The van der Waals surface area contributed by atoms with Crippen LogP contribution in [-0.4, -0.2) is 30.5 Å². The molecule has 1 aromatic rings. The highest BCUT2D eigenvalue weighted by Crippen LogP contribution is 2.25. The van der Waals surface area contributed by atoms with Gasteiger partial charge in [-0.05, 0) is 39.8 Å². The maximum Gasteiger partial charge on any atom is 0.537 e. The zero-order valence-electron chi connectivity index (χ0n) is 12.6. The molecular formula is C14H20N3O3S+. The minimum Gasteiger partial charge on any atom is -0.488 e. The molecule has 0 heterocycles. The monoisotopic (exact) mass is 310 g/mol. The number of hydrogen-bond acceptors (Lipinski definition) is 5. The Hall–Kier alpha value is -2.07. The van der Waals surface area contributed by atoms with Gasteiger partial charge in [0.25, 0.3) is 15.7 Å². The van der Waals surface area contributed by atoms with Crippen LogP contribution >= 0.6 is 0 Å². The van der Waals surface area contributed by atoms with Gasteiger partial charge in [-0.1, -0.05) is 18.2 Å². The second kappa shape index (κ2) is 6.59. The molecule has 1 aromatic carbocycles. The van der Waals surface area contributed by atoms with Crippen molar-refractivity contribution >= 4 is 9.84 Å². The summed E-state index contributed by atoms with van der Waals surface area (Å²) in [4.78, 5) is 4.24. The molecule has 0 aromatic heterocycles. The molecule has 0 saturated heterocycles. The zero-order valence-corrected chi connectivity index (χ0v) is 13.4. The van der Waals surface area contributed by atoms with E-state index in [0.717, 1.165) is 0 Å². The number of hydrogen-bond donors (Lipinski definition) is 1. The standard InChI is InChI=1S/C14H19N3O3S/c1-10(2)17(11(3)4)14(18)13(16-15)21(19,20)12-8-6-5-7-9-12/h5-11H,1-4H3/p+1/b14-13-. The fourth-order valence-corrected chi connectivity index (χ4v) is 3.32. The summed E-state index contributed by atoms with van der Waals surface area (Å²) in [5.41, 5.74) is 0. The highest BCUT2D eigenvalue weighted by molar-refractivity contribution is 7.95. The lowest BCUT2D eigenvalue weighted by atomic mass is 10.2. The van der Waals surface area contributed by atoms with E-state index < -0.39 is 20.7 Å². The zero-order chi connectivity index (χ0) is 16.2. The van der Waals surface area contributed by atoms with Crippen molar-refractivity contribution < 1.29 is 13.5 Å². The molecule has 0 aliphatic heterocycles. The predicted molar refractivity (Wildman–Crippen MR) is 80.5 cm³/mol. The number of benzene rings is 1.